The molecule has 0 fully saturated rings. The number of benzene rings is 1. The van der Waals surface area contributed by atoms with Crippen molar-refractivity contribution in [1.29, 1.82) is 0 Å². The summed E-state index contributed by atoms with van der Waals surface area (Å²) in [6.45, 7) is 1.54. The average molecular weight is 386 g/mol. The second kappa shape index (κ2) is 7.11. The van der Waals surface area contributed by atoms with Gasteiger partial charge >= 0.3 is 0 Å². The van der Waals surface area contributed by atoms with Gasteiger partial charge in [-0.2, -0.15) is 0 Å². The van der Waals surface area contributed by atoms with Crippen molar-refractivity contribution in [2.24, 2.45) is 0 Å². The highest BCUT2D eigenvalue weighted by Gasteiger charge is 2.15. The summed E-state index contributed by atoms with van der Waals surface area (Å²) in [6, 6.07) is 10.3. The fourth-order valence-corrected chi connectivity index (χ4v) is 4.76. The maximum absolute atomic E-state index is 13.2. The van der Waals surface area contributed by atoms with Crippen LogP contribution in [-0.4, -0.2) is 17.0 Å². The molecule has 4 aromatic rings. The van der Waals surface area contributed by atoms with E-state index in [1.807, 2.05) is 11.4 Å². The Balaban J connectivity index is 1.63. The lowest BCUT2D eigenvalue weighted by Gasteiger charge is -2.12. The number of hydrogen-bond donors (Lipinski definition) is 2. The summed E-state index contributed by atoms with van der Waals surface area (Å²) in [5.41, 5.74) is 1.47. The number of aromatic nitrogens is 2. The van der Waals surface area contributed by atoms with E-state index in [0.717, 1.165) is 17.7 Å². The number of nitrogens with one attached hydrogen (secondary N) is 2. The topological polar surface area (TPSA) is 50.2 Å². The number of H-pyrrole nitrogens is 1. The van der Waals surface area contributed by atoms with Gasteiger partial charge in [-0.1, -0.05) is 18.2 Å². The van der Waals surface area contributed by atoms with E-state index in [2.05, 4.69) is 28.5 Å². The summed E-state index contributed by atoms with van der Waals surface area (Å²) in [5.74, 6) is 0.392. The minimum atomic E-state index is -0.292. The van der Waals surface area contributed by atoms with Crippen LogP contribution in [0.4, 0.5) is 4.39 Å². The summed E-state index contributed by atoms with van der Waals surface area (Å²) >= 11 is 3.17. The molecule has 0 aliphatic heterocycles. The Kier molecular flexibility index (Phi) is 4.67. The van der Waals surface area contributed by atoms with Crippen molar-refractivity contribution in [3.05, 3.63) is 74.0 Å². The maximum atomic E-state index is 13.2. The number of hydrogen-bond acceptors (Lipinski definition) is 4. The second-order valence-electron chi connectivity index (χ2n) is 6.24. The molecule has 1 atom stereocenters. The van der Waals surface area contributed by atoms with Gasteiger partial charge in [0.2, 0.25) is 0 Å². The number of halogens is 1. The Hall–Kier alpha value is -2.35. The van der Waals surface area contributed by atoms with Crippen molar-refractivity contribution in [1.82, 2.24) is 9.97 Å². The molecule has 4 nitrogen and oxygen atoms in total. The molecule has 0 spiro atoms. The lowest BCUT2D eigenvalue weighted by Crippen LogP contribution is -3.06. The molecule has 26 heavy (non-hydrogen) atoms. The number of thiophene rings is 2. The Morgan fingerprint density at radius 3 is 2.69 bits per heavy atom. The molecular weight excluding hydrogens is 369 g/mol. The van der Waals surface area contributed by atoms with Crippen LogP contribution in [0.5, 0.6) is 0 Å². The molecule has 0 saturated heterocycles. The van der Waals surface area contributed by atoms with E-state index in [9.17, 15) is 9.18 Å². The van der Waals surface area contributed by atoms with Crippen LogP contribution >= 0.6 is 22.7 Å². The van der Waals surface area contributed by atoms with Crippen LogP contribution in [0.15, 0.2) is 52.0 Å². The molecule has 0 amide bonds. The first-order valence-electron chi connectivity index (χ1n) is 8.20. The predicted molar refractivity (Wildman–Crippen MR) is 104 cm³/mol. The minimum Gasteiger partial charge on any atom is -0.327 e. The van der Waals surface area contributed by atoms with Gasteiger partial charge in [0.05, 0.1) is 17.3 Å². The molecular formula is C19H17FN3OS2+. The largest absolute Gasteiger partial charge is 0.327 e. The van der Waals surface area contributed by atoms with Crippen molar-refractivity contribution in [3.63, 3.8) is 0 Å². The number of fused-ring (bicyclic) bond motifs is 1. The van der Waals surface area contributed by atoms with Gasteiger partial charge in [0.25, 0.3) is 5.56 Å². The van der Waals surface area contributed by atoms with Gasteiger partial charge < -0.3 is 9.88 Å². The van der Waals surface area contributed by atoms with Gasteiger partial charge in [-0.15, -0.1) is 22.7 Å². The van der Waals surface area contributed by atoms with Gasteiger partial charge in [-0.25, -0.2) is 9.37 Å². The highest BCUT2D eigenvalue weighted by atomic mass is 32.1. The molecule has 4 rings (SSSR count). The quantitative estimate of drug-likeness (QED) is 0.554. The van der Waals surface area contributed by atoms with Gasteiger partial charge in [0.15, 0.2) is 5.82 Å². The Morgan fingerprint density at radius 2 is 1.96 bits per heavy atom. The molecule has 1 unspecified atom stereocenters. The first-order chi connectivity index (χ1) is 12.6. The Bertz CT molecular complexity index is 1080. The number of nitrogens with zero attached hydrogens (tertiary/aromatic N) is 1. The summed E-state index contributed by atoms with van der Waals surface area (Å²) in [5, 5.41) is 4.55. The van der Waals surface area contributed by atoms with Crippen molar-refractivity contribution in [2.75, 3.05) is 7.05 Å². The van der Waals surface area contributed by atoms with Crippen LogP contribution < -0.4 is 10.5 Å². The van der Waals surface area contributed by atoms with Gasteiger partial charge in [-0.3, -0.25) is 4.79 Å². The highest BCUT2D eigenvalue weighted by molar-refractivity contribution is 7.17. The van der Waals surface area contributed by atoms with Gasteiger partial charge in [-0.05, 0) is 29.1 Å². The zero-order valence-corrected chi connectivity index (χ0v) is 15.7. The normalized spacial score (nSPS) is 12.5. The van der Waals surface area contributed by atoms with Gasteiger partial charge in [0, 0.05) is 10.9 Å². The molecule has 132 valence electrons. The first-order valence-corrected chi connectivity index (χ1v) is 9.96. The number of rotatable bonds is 5. The summed E-state index contributed by atoms with van der Waals surface area (Å²) in [6.07, 6.45) is 0. The SMILES string of the molecule is C[NH+](Cc1nc2scc(-c3ccc(F)cc3)c2c(=O)[nH]1)Cc1cccs1. The smallest absolute Gasteiger partial charge is 0.260 e. The lowest BCUT2D eigenvalue weighted by atomic mass is 10.1. The molecule has 1 aromatic carbocycles. The van der Waals surface area contributed by atoms with Crippen LogP contribution in [0.25, 0.3) is 21.3 Å². The maximum Gasteiger partial charge on any atom is 0.260 e. The van der Waals surface area contributed by atoms with E-state index < -0.39 is 0 Å². The number of aromatic amines is 1. The van der Waals surface area contributed by atoms with Crippen LogP contribution in [0.3, 0.4) is 0 Å². The zero-order valence-electron chi connectivity index (χ0n) is 14.1. The van der Waals surface area contributed by atoms with Crippen LogP contribution in [-0.2, 0) is 13.1 Å². The van der Waals surface area contributed by atoms with Crippen LogP contribution in [0.2, 0.25) is 0 Å². The zero-order chi connectivity index (χ0) is 18.1. The summed E-state index contributed by atoms with van der Waals surface area (Å²) in [7, 11) is 2.09. The third kappa shape index (κ3) is 3.46. The lowest BCUT2D eigenvalue weighted by molar-refractivity contribution is -0.908. The molecule has 0 aliphatic carbocycles. The molecule has 3 heterocycles. The Morgan fingerprint density at radius 1 is 1.15 bits per heavy atom. The number of quaternary nitrogens is 1. The van der Waals surface area contributed by atoms with E-state index in [0.29, 0.717) is 22.6 Å². The summed E-state index contributed by atoms with van der Waals surface area (Å²) < 4.78 is 13.2. The molecule has 3 aromatic heterocycles. The van der Waals surface area contributed by atoms with Gasteiger partial charge in [0.1, 0.15) is 23.7 Å². The average Bonchev–Trinajstić information content (AvgIpc) is 3.25. The summed E-state index contributed by atoms with van der Waals surface area (Å²) in [4.78, 5) is 23.5. The molecule has 7 heteroatoms. The monoisotopic (exact) mass is 386 g/mol. The van der Waals surface area contributed by atoms with Crippen LogP contribution in [0.1, 0.15) is 10.7 Å². The van der Waals surface area contributed by atoms with Crippen LogP contribution in [0, 0.1) is 5.82 Å². The highest BCUT2D eigenvalue weighted by Crippen LogP contribution is 2.30. The van der Waals surface area contributed by atoms with E-state index in [1.54, 1.807) is 23.5 Å². The second-order valence-corrected chi connectivity index (χ2v) is 8.13. The molecule has 0 bridgehead atoms. The third-order valence-corrected chi connectivity index (χ3v) is 5.92. The first kappa shape index (κ1) is 17.1. The van der Waals surface area contributed by atoms with E-state index in [4.69, 9.17) is 0 Å². The predicted octanol–water partition coefficient (Wildman–Crippen LogP) is 3.07. The van der Waals surface area contributed by atoms with E-state index in [-0.39, 0.29) is 11.4 Å². The van der Waals surface area contributed by atoms with Crippen molar-refractivity contribution >= 4 is 32.9 Å². The van der Waals surface area contributed by atoms with Crippen molar-refractivity contribution < 1.29 is 9.29 Å². The van der Waals surface area contributed by atoms with E-state index >= 15 is 0 Å². The Labute approximate surface area is 157 Å². The molecule has 0 saturated carbocycles. The van der Waals surface area contributed by atoms with Crippen molar-refractivity contribution in [2.45, 2.75) is 13.1 Å². The van der Waals surface area contributed by atoms with E-state index in [1.165, 1.54) is 33.2 Å². The fourth-order valence-electron chi connectivity index (χ4n) is 2.98. The molecule has 0 radical (unpaired) electrons. The molecule has 0 aliphatic rings. The minimum absolute atomic E-state index is 0.144. The van der Waals surface area contributed by atoms with Crippen molar-refractivity contribution in [3.8, 4) is 11.1 Å². The standard InChI is InChI=1S/C19H16FN3OS2/c1-23(9-14-3-2-8-25-14)10-16-21-18(24)17-15(11-26-19(17)22-16)12-4-6-13(20)7-5-12/h2-8,11H,9-10H2,1H3,(H,21,22,24)/p+1. The third-order valence-electron chi connectivity index (χ3n) is 4.17. The fraction of sp³-hybridized carbons (Fsp3) is 0.158. The molecule has 2 N–H and O–H groups in total.